The number of ether oxygens (including phenoxy) is 1. The van der Waals surface area contributed by atoms with Gasteiger partial charge in [-0.15, -0.1) is 6.42 Å². The molecule has 0 bridgehead atoms. The predicted molar refractivity (Wildman–Crippen MR) is 137 cm³/mol. The van der Waals surface area contributed by atoms with Gasteiger partial charge in [-0.25, -0.2) is 19.7 Å². The van der Waals surface area contributed by atoms with Crippen molar-refractivity contribution >= 4 is 23.5 Å². The predicted octanol–water partition coefficient (Wildman–Crippen LogP) is 2.09. The molecule has 36 heavy (non-hydrogen) atoms. The molecule has 3 aromatic heterocycles. The number of morpholine rings is 1. The third-order valence-electron chi connectivity index (χ3n) is 5.68. The Morgan fingerprint density at radius 3 is 2.61 bits per heavy atom. The van der Waals surface area contributed by atoms with Crippen molar-refractivity contribution < 1.29 is 9.53 Å². The lowest BCUT2D eigenvalue weighted by atomic mass is 10.1. The molecule has 1 fully saturated rings. The van der Waals surface area contributed by atoms with Gasteiger partial charge in [0, 0.05) is 52.3 Å². The molecule has 0 unspecified atom stereocenters. The number of aromatic nitrogens is 5. The van der Waals surface area contributed by atoms with E-state index in [2.05, 4.69) is 41.1 Å². The van der Waals surface area contributed by atoms with Gasteiger partial charge in [-0.3, -0.25) is 14.8 Å². The molecule has 11 heteroatoms. The van der Waals surface area contributed by atoms with Gasteiger partial charge in [0.15, 0.2) is 0 Å². The summed E-state index contributed by atoms with van der Waals surface area (Å²) in [5.41, 5.74) is 2.76. The number of carbonyl (C=O) groups excluding carboxylic acids is 1. The van der Waals surface area contributed by atoms with Gasteiger partial charge in [-0.05, 0) is 30.7 Å². The highest BCUT2D eigenvalue weighted by molar-refractivity contribution is 6.01. The second-order valence-electron chi connectivity index (χ2n) is 8.45. The maximum Gasteiger partial charge on any atom is 0.329 e. The Balaban J connectivity index is 1.65. The smallest absolute Gasteiger partial charge is 0.329 e. The molecule has 0 saturated carbocycles. The highest BCUT2D eigenvalue weighted by atomic mass is 16.5. The minimum absolute atomic E-state index is 0.0241. The van der Waals surface area contributed by atoms with Gasteiger partial charge in [0.2, 0.25) is 5.95 Å². The number of anilines is 3. The van der Waals surface area contributed by atoms with Crippen molar-refractivity contribution in [3.8, 4) is 12.3 Å². The number of nitrogens with one attached hydrogen (secondary N) is 1. The molecule has 11 nitrogen and oxygen atoms in total. The largest absolute Gasteiger partial charge is 0.379 e. The zero-order chi connectivity index (χ0) is 25.5. The van der Waals surface area contributed by atoms with Gasteiger partial charge < -0.3 is 15.0 Å². The monoisotopic (exact) mass is 487 g/mol. The Hall–Kier alpha value is -4.14. The van der Waals surface area contributed by atoms with E-state index in [0.29, 0.717) is 48.5 Å². The minimum Gasteiger partial charge on any atom is -0.379 e. The number of terminal acetylenes is 1. The summed E-state index contributed by atoms with van der Waals surface area (Å²) in [6.45, 7) is 5.60. The Labute approximate surface area is 210 Å². The number of hydrogen-bond acceptors (Lipinski definition) is 9. The van der Waals surface area contributed by atoms with Crippen LogP contribution >= 0.6 is 0 Å². The number of urea groups is 1. The summed E-state index contributed by atoms with van der Waals surface area (Å²) in [5, 5.41) is 3.04. The summed E-state index contributed by atoms with van der Waals surface area (Å²) in [5.74, 6) is 3.74. The summed E-state index contributed by atoms with van der Waals surface area (Å²) >= 11 is 0. The second kappa shape index (κ2) is 11.5. The quantitative estimate of drug-likeness (QED) is 0.501. The van der Waals surface area contributed by atoms with E-state index in [1.807, 2.05) is 32.0 Å². The molecule has 1 aliphatic rings. The number of amides is 2. The van der Waals surface area contributed by atoms with Crippen LogP contribution in [0.4, 0.5) is 22.2 Å². The maximum atomic E-state index is 13.7. The van der Waals surface area contributed by atoms with Crippen molar-refractivity contribution in [1.29, 1.82) is 0 Å². The highest BCUT2D eigenvalue weighted by Gasteiger charge is 2.24. The van der Waals surface area contributed by atoms with Crippen LogP contribution in [0.5, 0.6) is 0 Å². The summed E-state index contributed by atoms with van der Waals surface area (Å²) in [4.78, 5) is 41.2. The molecule has 1 saturated heterocycles. The number of aryl methyl sites for hydroxylation is 1. The first-order valence-corrected chi connectivity index (χ1v) is 11.6. The van der Waals surface area contributed by atoms with Crippen LogP contribution in [-0.4, -0.2) is 76.2 Å². The standard InChI is InChI=1S/C25H29N9O2/c1-5-20-7-10-27-21(29-20)17-34(24-28-11-8-22(30-24)32(3)4)25(35)31-23-18(2)26-9-6-19(23)16-33-12-14-36-15-13-33/h1,6-11H,12-17H2,2-4H3,(H,31,35). The molecule has 4 rings (SSSR count). The van der Waals surface area contributed by atoms with Crippen molar-refractivity contribution in [1.82, 2.24) is 29.8 Å². The molecule has 0 atom stereocenters. The Morgan fingerprint density at radius 1 is 1.11 bits per heavy atom. The first kappa shape index (κ1) is 25.0. The van der Waals surface area contributed by atoms with Crippen molar-refractivity contribution in [3.05, 3.63) is 59.6 Å². The van der Waals surface area contributed by atoms with Gasteiger partial charge >= 0.3 is 6.03 Å². The van der Waals surface area contributed by atoms with Gasteiger partial charge in [-0.2, -0.15) is 4.98 Å². The van der Waals surface area contributed by atoms with Crippen LogP contribution in [-0.2, 0) is 17.8 Å². The second-order valence-corrected chi connectivity index (χ2v) is 8.45. The molecule has 1 N–H and O–H groups in total. The molecular weight excluding hydrogens is 458 g/mol. The van der Waals surface area contributed by atoms with E-state index >= 15 is 0 Å². The average Bonchev–Trinajstić information content (AvgIpc) is 2.90. The molecule has 0 spiro atoms. The Bertz CT molecular complexity index is 1250. The van der Waals surface area contributed by atoms with E-state index in [4.69, 9.17) is 11.2 Å². The van der Waals surface area contributed by atoms with E-state index in [1.165, 1.54) is 4.90 Å². The molecule has 1 aliphatic heterocycles. The fourth-order valence-electron chi connectivity index (χ4n) is 3.75. The number of pyridine rings is 1. The van der Waals surface area contributed by atoms with Crippen molar-refractivity contribution in [2.75, 3.05) is 55.5 Å². The van der Waals surface area contributed by atoms with Gasteiger partial charge in [0.05, 0.1) is 31.1 Å². The van der Waals surface area contributed by atoms with Crippen LogP contribution in [0.3, 0.4) is 0 Å². The van der Waals surface area contributed by atoms with Crippen LogP contribution in [0, 0.1) is 19.3 Å². The lowest BCUT2D eigenvalue weighted by Gasteiger charge is -2.28. The van der Waals surface area contributed by atoms with Crippen molar-refractivity contribution in [2.45, 2.75) is 20.0 Å². The number of hydrogen-bond donors (Lipinski definition) is 1. The summed E-state index contributed by atoms with van der Waals surface area (Å²) in [6.07, 6.45) is 10.4. The van der Waals surface area contributed by atoms with Crippen molar-refractivity contribution in [2.24, 2.45) is 0 Å². The Morgan fingerprint density at radius 2 is 1.86 bits per heavy atom. The number of nitrogens with zero attached hydrogens (tertiary/aromatic N) is 8. The van der Waals surface area contributed by atoms with E-state index in [1.54, 1.807) is 30.7 Å². The molecule has 4 heterocycles. The molecular formula is C25H29N9O2. The van der Waals surface area contributed by atoms with E-state index in [9.17, 15) is 4.79 Å². The fourth-order valence-corrected chi connectivity index (χ4v) is 3.75. The molecule has 186 valence electrons. The topological polar surface area (TPSA) is 112 Å². The first-order valence-electron chi connectivity index (χ1n) is 11.6. The fraction of sp³-hybridized carbons (Fsp3) is 0.360. The summed E-state index contributed by atoms with van der Waals surface area (Å²) in [6, 6.07) is 4.89. The summed E-state index contributed by atoms with van der Waals surface area (Å²) in [7, 11) is 3.74. The Kier molecular flexibility index (Phi) is 7.99. The van der Waals surface area contributed by atoms with E-state index in [-0.39, 0.29) is 12.5 Å². The van der Waals surface area contributed by atoms with Crippen molar-refractivity contribution in [3.63, 3.8) is 0 Å². The van der Waals surface area contributed by atoms with E-state index < -0.39 is 6.03 Å². The molecule has 0 radical (unpaired) electrons. The van der Waals surface area contributed by atoms with E-state index in [0.717, 1.165) is 18.7 Å². The normalized spacial score (nSPS) is 13.6. The highest BCUT2D eigenvalue weighted by Crippen LogP contribution is 2.23. The minimum atomic E-state index is -0.431. The zero-order valence-electron chi connectivity index (χ0n) is 20.7. The van der Waals surface area contributed by atoms with Crippen LogP contribution < -0.4 is 15.1 Å². The zero-order valence-corrected chi connectivity index (χ0v) is 20.7. The van der Waals surface area contributed by atoms with Crippen LogP contribution in [0.25, 0.3) is 0 Å². The lowest BCUT2D eigenvalue weighted by molar-refractivity contribution is 0.0342. The average molecular weight is 488 g/mol. The number of carbonyl (C=O) groups is 1. The van der Waals surface area contributed by atoms with Gasteiger partial charge in [-0.1, -0.05) is 5.92 Å². The number of rotatable bonds is 7. The third-order valence-corrected chi connectivity index (χ3v) is 5.68. The molecule has 0 aromatic carbocycles. The van der Waals surface area contributed by atoms with Crippen LogP contribution in [0.2, 0.25) is 0 Å². The van der Waals surface area contributed by atoms with Crippen LogP contribution in [0.15, 0.2) is 36.8 Å². The first-order chi connectivity index (χ1) is 17.4. The summed E-state index contributed by atoms with van der Waals surface area (Å²) < 4.78 is 5.46. The van der Waals surface area contributed by atoms with Crippen LogP contribution in [0.1, 0.15) is 22.8 Å². The lowest BCUT2D eigenvalue weighted by Crippen LogP contribution is -2.38. The molecule has 3 aromatic rings. The van der Waals surface area contributed by atoms with Gasteiger partial charge in [0.25, 0.3) is 0 Å². The molecule has 0 aliphatic carbocycles. The van der Waals surface area contributed by atoms with Gasteiger partial charge in [0.1, 0.15) is 17.3 Å². The maximum absolute atomic E-state index is 13.7. The SMILES string of the molecule is C#Cc1ccnc(CN(C(=O)Nc2c(CN3CCOCC3)ccnc2C)c2nccc(N(C)C)n2)n1. The third kappa shape index (κ3) is 6.10. The molecule has 2 amide bonds.